The molecule has 19 heteroatoms. The number of likely N-dealkylation sites (tertiary alicyclic amines) is 1. The van der Waals surface area contributed by atoms with E-state index < -0.39 is 11.8 Å². The van der Waals surface area contributed by atoms with Gasteiger partial charge in [0, 0.05) is 60.8 Å². The summed E-state index contributed by atoms with van der Waals surface area (Å²) in [6, 6.07) is 11.4. The predicted molar refractivity (Wildman–Crippen MR) is 283 cm³/mol. The largest absolute Gasteiger partial charge is 0.463 e. The summed E-state index contributed by atoms with van der Waals surface area (Å²) < 4.78 is 6.18. The highest BCUT2D eigenvalue weighted by atomic mass is 35.5. The van der Waals surface area contributed by atoms with Crippen LogP contribution in [-0.2, 0) is 0 Å². The number of likely N-dealkylation sites (N-methyl/N-ethyl adjacent to an activating group) is 2. The Bertz CT molecular complexity index is 2550. The molecule has 2 saturated heterocycles. The van der Waals surface area contributed by atoms with E-state index in [1.807, 2.05) is 26.0 Å². The zero-order valence-electron chi connectivity index (χ0n) is 43.5. The lowest BCUT2D eigenvalue weighted by molar-refractivity contribution is -0.116. The molecule has 4 aromatic rings. The molecule has 8 aliphatic rings. The number of nitrogens with zero attached hydrogens (tertiary/aromatic N) is 8. The number of fused-ring (bicyclic) bond motifs is 4. The first kappa shape index (κ1) is 52.9. The van der Waals surface area contributed by atoms with Gasteiger partial charge >= 0.3 is 6.01 Å². The second-order valence-corrected chi connectivity index (χ2v) is 22.6. The first-order valence-electron chi connectivity index (χ1n) is 26.0. The van der Waals surface area contributed by atoms with Gasteiger partial charge in [-0.05, 0) is 186 Å². The van der Waals surface area contributed by atoms with Crippen LogP contribution in [-0.4, -0.2) is 117 Å². The van der Waals surface area contributed by atoms with Crippen LogP contribution < -0.4 is 42.4 Å². The van der Waals surface area contributed by atoms with E-state index in [2.05, 4.69) is 103 Å². The zero-order chi connectivity index (χ0) is 51.5. The van der Waals surface area contributed by atoms with Crippen molar-refractivity contribution < 1.29 is 19.4 Å². The van der Waals surface area contributed by atoms with Gasteiger partial charge in [0.2, 0.25) is 40.9 Å². The standard InChI is InChI=1S/C25H35N7O2.C18H24ClN7O.C10H18O/c1-14-4-5-15(21(26)33)10-20(14)29-23-30-22(28-18-8-9-27-12-18)31-24(32-23)34-13-16-6-7-17-11-19(16)25(17,2)3;1-4-26(13-7-8-25(3)10-13)18-23-16(19)22-17(24-18)21-14-9-12(15(20)27)6-5-11(14)2;1-10(2)8-4-3-7(6-11)9(10)5-8/h4-5,10,16-19,27H,6-9,11-13H2,1-3H3,(H2,26,33)(H2,28,29,30,31,32);5-6,9,13H,4,7-8,10H2,1-3H3,(H2,20,27)(H,21,22,23,24);7-9,11H,3-6H2,1-2H3/t16-,17?,18-,19+;13-;7-,8?,9+/m111/s1. The Balaban J connectivity index is 0.000000162. The van der Waals surface area contributed by atoms with Crippen molar-refractivity contribution in [1.29, 1.82) is 0 Å². The third kappa shape index (κ3) is 12.0. The van der Waals surface area contributed by atoms with Crippen LogP contribution in [0.4, 0.5) is 35.2 Å². The predicted octanol–water partition coefficient (Wildman–Crippen LogP) is 7.50. The smallest absolute Gasteiger partial charge is 0.323 e. The molecule has 12 rings (SSSR count). The minimum atomic E-state index is -0.491. The van der Waals surface area contributed by atoms with Gasteiger partial charge in [0.15, 0.2) is 0 Å². The number of hydrogen-bond donors (Lipinski definition) is 7. The molecule has 18 nitrogen and oxygen atoms in total. The number of aryl methyl sites for hydroxylation is 2. The number of nitrogens with two attached hydrogens (primary N) is 2. The summed E-state index contributed by atoms with van der Waals surface area (Å²) in [5, 5.41) is 22.4. The number of hydrogen-bond acceptors (Lipinski definition) is 16. The van der Waals surface area contributed by atoms with Crippen molar-refractivity contribution in [3.05, 3.63) is 63.9 Å². The molecule has 2 unspecified atom stereocenters. The monoisotopic (exact) mass is 1010 g/mol. The maximum atomic E-state index is 11.6. The van der Waals surface area contributed by atoms with E-state index >= 15 is 0 Å². The SMILES string of the molecule is CC1(C)C2CC[C@H](CO)[C@@H]1C2.CCN(c1nc(Cl)nc(Nc2cc(C(N)=O)ccc2C)n1)[C@@H]1CCN(C)C1.Cc1ccc(C(N)=O)cc1Nc1nc(N[C@@H]2CCNC2)nc(OC[C@H]2CCC3C[C@@H]2C3(C)C)n1. The maximum absolute atomic E-state index is 11.6. The molecule has 9 N–H and O–H groups in total. The third-order valence-electron chi connectivity index (χ3n) is 17.2. The number of benzene rings is 2. The number of aliphatic hydroxyl groups excluding tert-OH is 1. The van der Waals surface area contributed by atoms with Gasteiger partial charge in [-0.3, -0.25) is 9.59 Å². The number of carbonyl (C=O) groups is 2. The van der Waals surface area contributed by atoms with Crippen LogP contribution in [0.3, 0.4) is 0 Å². The van der Waals surface area contributed by atoms with Crippen LogP contribution in [0.1, 0.15) is 118 Å². The summed E-state index contributed by atoms with van der Waals surface area (Å²) in [5.41, 5.74) is 15.9. The lowest BCUT2D eigenvalue weighted by Crippen LogP contribution is -2.53. The van der Waals surface area contributed by atoms with Gasteiger partial charge in [-0.25, -0.2) is 0 Å². The molecular formula is C53H77ClN14O4. The topological polar surface area (TPSA) is 248 Å². The molecule has 72 heavy (non-hydrogen) atoms. The van der Waals surface area contributed by atoms with Gasteiger partial charge in [0.25, 0.3) is 0 Å². The Morgan fingerprint density at radius 2 is 1.39 bits per heavy atom. The van der Waals surface area contributed by atoms with Gasteiger partial charge in [0.1, 0.15) is 0 Å². The van der Waals surface area contributed by atoms with Crippen LogP contribution in [0, 0.1) is 60.2 Å². The van der Waals surface area contributed by atoms with E-state index in [-0.39, 0.29) is 11.3 Å². The maximum Gasteiger partial charge on any atom is 0.323 e. The molecule has 2 aliphatic heterocycles. The Hall–Kier alpha value is -5.43. The van der Waals surface area contributed by atoms with Gasteiger partial charge in [-0.15, -0.1) is 0 Å². The van der Waals surface area contributed by atoms with Gasteiger partial charge in [-0.2, -0.15) is 29.9 Å². The summed E-state index contributed by atoms with van der Waals surface area (Å²) in [5.74, 6) is 5.26. The molecule has 6 aliphatic carbocycles. The molecule has 0 radical (unpaired) electrons. The molecule has 4 heterocycles. The van der Waals surface area contributed by atoms with E-state index in [0.29, 0.717) is 94.5 Å². The highest BCUT2D eigenvalue weighted by Crippen LogP contribution is 2.62. The number of aromatic nitrogens is 6. The molecule has 2 amide bonds. The molecule has 6 saturated carbocycles. The van der Waals surface area contributed by atoms with Crippen molar-refractivity contribution in [1.82, 2.24) is 40.1 Å². The van der Waals surface area contributed by atoms with Gasteiger partial charge < -0.3 is 52.4 Å². The Kier molecular flexibility index (Phi) is 16.4. The quantitative estimate of drug-likeness (QED) is 0.0609. The first-order chi connectivity index (χ1) is 34.3. The average Bonchev–Trinajstić information content (AvgIpc) is 4.04. The Morgan fingerprint density at radius 1 is 0.806 bits per heavy atom. The summed E-state index contributed by atoms with van der Waals surface area (Å²) in [7, 11) is 2.11. The molecule has 8 atom stereocenters. The minimum absolute atomic E-state index is 0.121. The fourth-order valence-electron chi connectivity index (χ4n) is 12.3. The fraction of sp³-hybridized carbons (Fsp3) is 0.623. The number of primary amides is 2. The normalized spacial score (nSPS) is 26.3. The number of amides is 2. The van der Waals surface area contributed by atoms with Crippen LogP contribution in [0.25, 0.3) is 0 Å². The minimum Gasteiger partial charge on any atom is -0.463 e. The molecular weight excluding hydrogens is 932 g/mol. The van der Waals surface area contributed by atoms with Crippen LogP contribution in [0.15, 0.2) is 36.4 Å². The van der Waals surface area contributed by atoms with Crippen LogP contribution >= 0.6 is 11.6 Å². The van der Waals surface area contributed by atoms with Crippen LogP contribution in [0.5, 0.6) is 6.01 Å². The Labute approximate surface area is 430 Å². The second kappa shape index (κ2) is 22.4. The number of anilines is 6. The van der Waals surface area contributed by atoms with E-state index in [4.69, 9.17) is 32.9 Å². The summed E-state index contributed by atoms with van der Waals surface area (Å²) in [4.78, 5) is 54.3. The van der Waals surface area contributed by atoms with Crippen molar-refractivity contribution in [2.24, 2.45) is 57.8 Å². The van der Waals surface area contributed by atoms with Crippen molar-refractivity contribution in [2.45, 2.75) is 112 Å². The molecule has 0 spiro atoms. The number of carbonyl (C=O) groups excluding carboxylic acids is 2. The number of nitrogens with one attached hydrogen (secondary N) is 4. The second-order valence-electron chi connectivity index (χ2n) is 22.2. The van der Waals surface area contributed by atoms with Crippen molar-refractivity contribution >= 4 is 58.6 Å². The van der Waals surface area contributed by atoms with E-state index in [1.54, 1.807) is 24.3 Å². The van der Waals surface area contributed by atoms with Crippen molar-refractivity contribution in [2.75, 3.05) is 73.8 Å². The lowest BCUT2D eigenvalue weighted by Gasteiger charge is -2.60. The number of rotatable bonds is 15. The van der Waals surface area contributed by atoms with Gasteiger partial charge in [0.05, 0.1) is 6.61 Å². The van der Waals surface area contributed by atoms with Crippen molar-refractivity contribution in [3.63, 3.8) is 0 Å². The van der Waals surface area contributed by atoms with E-state index in [1.165, 1.54) is 38.5 Å². The average molecular weight is 1010 g/mol. The van der Waals surface area contributed by atoms with Gasteiger partial charge in [-0.1, -0.05) is 39.8 Å². The lowest BCUT2D eigenvalue weighted by atomic mass is 9.46. The Morgan fingerprint density at radius 3 is 1.89 bits per heavy atom. The molecule has 8 fully saturated rings. The summed E-state index contributed by atoms with van der Waals surface area (Å²) >= 11 is 6.16. The molecule has 4 bridgehead atoms. The highest BCUT2D eigenvalue weighted by Gasteiger charge is 2.55. The van der Waals surface area contributed by atoms with E-state index in [9.17, 15) is 9.59 Å². The highest BCUT2D eigenvalue weighted by molar-refractivity contribution is 6.28. The summed E-state index contributed by atoms with van der Waals surface area (Å²) in [6.07, 6.45) is 9.86. The summed E-state index contributed by atoms with van der Waals surface area (Å²) in [6.45, 7) is 21.1. The number of ether oxygens (including phenoxy) is 1. The first-order valence-corrected chi connectivity index (χ1v) is 26.4. The third-order valence-corrected chi connectivity index (χ3v) is 17.4. The van der Waals surface area contributed by atoms with E-state index in [0.717, 1.165) is 80.1 Å². The van der Waals surface area contributed by atoms with Crippen LogP contribution in [0.2, 0.25) is 5.28 Å². The number of halogens is 1. The molecule has 2 aromatic carbocycles. The number of aliphatic hydroxyl groups is 1. The fourth-order valence-corrected chi connectivity index (χ4v) is 12.5. The molecule has 2 aromatic heterocycles. The van der Waals surface area contributed by atoms with Crippen molar-refractivity contribution in [3.8, 4) is 6.01 Å². The zero-order valence-corrected chi connectivity index (χ0v) is 44.2. The molecule has 390 valence electrons.